The van der Waals surface area contributed by atoms with E-state index in [-0.39, 0.29) is 95.8 Å². The minimum atomic E-state index is -1.29. The van der Waals surface area contributed by atoms with E-state index in [0.29, 0.717) is 23.2 Å². The molecule has 0 bridgehead atoms. The van der Waals surface area contributed by atoms with E-state index in [0.717, 1.165) is 32.1 Å². The Balaban J connectivity index is 2.14. The highest BCUT2D eigenvalue weighted by molar-refractivity contribution is 5.98. The van der Waals surface area contributed by atoms with Crippen molar-refractivity contribution >= 4 is 58.6 Å². The van der Waals surface area contributed by atoms with Gasteiger partial charge in [-0.15, -0.1) is 0 Å². The van der Waals surface area contributed by atoms with Crippen LogP contribution in [0.5, 0.6) is 0 Å². The molecule has 7 amide bonds. The average molecular weight is 1100 g/mol. The number of hydrogen-bond donors (Lipinski definition) is 12. The molecule has 1 aliphatic rings. The van der Waals surface area contributed by atoms with Gasteiger partial charge >= 0.3 is 0 Å². The van der Waals surface area contributed by atoms with Crippen LogP contribution < -0.4 is 60.2 Å². The highest BCUT2D eigenvalue weighted by Crippen LogP contribution is 2.20. The molecule has 0 spiro atoms. The highest BCUT2D eigenvalue weighted by Gasteiger charge is 2.36. The van der Waals surface area contributed by atoms with Gasteiger partial charge in [-0.1, -0.05) is 109 Å². The molecule has 0 aliphatic carbocycles. The van der Waals surface area contributed by atoms with Crippen LogP contribution >= 0.6 is 0 Å². The zero-order valence-electron chi connectivity index (χ0n) is 47.3. The Kier molecular flexibility index (Phi) is 30.6. The first-order valence-corrected chi connectivity index (χ1v) is 28.5. The maximum atomic E-state index is 14.6. The third kappa shape index (κ3) is 25.2. The SMILES string of the molecule is CCCCCCC[C@@H](O)CC(=O)N[C@H](CCN)C(=O)C[C@H]1CCNC(=O)[C@H](CC(C)C)NC(=O)[C@H](Cc2ccc(N)cc2)NC(=O)[C@H](CCN)NC(=O)[C@H](CC(C)C)NC(=O)[C@@H](Cc2ccccc2)CC(=O)[C@H](CCN)NC1=O. The lowest BCUT2D eigenvalue weighted by Gasteiger charge is -2.28. The van der Waals surface area contributed by atoms with Crippen LogP contribution in [0.15, 0.2) is 54.6 Å². The lowest BCUT2D eigenvalue weighted by Crippen LogP contribution is -2.59. The number of rotatable bonds is 26. The largest absolute Gasteiger partial charge is 0.399 e. The number of benzene rings is 2. The predicted molar refractivity (Wildman–Crippen MR) is 304 cm³/mol. The molecule has 1 saturated heterocycles. The topological polar surface area (TPSA) is 362 Å². The minimum absolute atomic E-state index is 0.000954. The van der Waals surface area contributed by atoms with Crippen LogP contribution in [-0.4, -0.2) is 127 Å². The van der Waals surface area contributed by atoms with Gasteiger partial charge in [-0.05, 0) is 106 Å². The zero-order chi connectivity index (χ0) is 58.4. The van der Waals surface area contributed by atoms with Crippen molar-refractivity contribution in [2.45, 2.75) is 186 Å². The zero-order valence-corrected chi connectivity index (χ0v) is 47.3. The smallest absolute Gasteiger partial charge is 0.243 e. The molecular weight excluding hydrogens is 1010 g/mol. The number of carbonyl (C=O) groups is 9. The van der Waals surface area contributed by atoms with Crippen LogP contribution in [-0.2, 0) is 56.0 Å². The van der Waals surface area contributed by atoms with Gasteiger partial charge < -0.3 is 65.3 Å². The molecule has 0 saturated carbocycles. The quantitative estimate of drug-likeness (QED) is 0.0473. The van der Waals surface area contributed by atoms with E-state index in [2.05, 4.69) is 44.1 Å². The molecule has 79 heavy (non-hydrogen) atoms. The van der Waals surface area contributed by atoms with Crippen molar-refractivity contribution in [1.29, 1.82) is 0 Å². The summed E-state index contributed by atoms with van der Waals surface area (Å²) in [4.78, 5) is 128. The molecule has 21 heteroatoms. The number of unbranched alkanes of at least 4 members (excludes halogenated alkanes) is 4. The molecule has 1 fully saturated rings. The number of aliphatic hydroxyl groups excluding tert-OH is 1. The fraction of sp³-hybridized carbons (Fsp3) is 0.638. The van der Waals surface area contributed by atoms with E-state index >= 15 is 0 Å². The molecule has 9 atom stereocenters. The van der Waals surface area contributed by atoms with Gasteiger partial charge in [0.15, 0.2) is 11.6 Å². The number of nitrogens with one attached hydrogen (secondary N) is 7. The van der Waals surface area contributed by atoms with E-state index in [9.17, 15) is 48.3 Å². The molecule has 1 aliphatic heterocycles. The van der Waals surface area contributed by atoms with Crippen LogP contribution in [0, 0.1) is 23.7 Å². The van der Waals surface area contributed by atoms with Crippen LogP contribution in [0.2, 0.25) is 0 Å². The maximum Gasteiger partial charge on any atom is 0.243 e. The molecule has 0 aromatic heterocycles. The number of amides is 7. The van der Waals surface area contributed by atoms with Crippen LogP contribution in [0.1, 0.15) is 142 Å². The Hall–Kier alpha value is -6.29. The molecular formula is C58H93N11O10. The molecule has 440 valence electrons. The summed E-state index contributed by atoms with van der Waals surface area (Å²) in [6.07, 6.45) is 3.26. The monoisotopic (exact) mass is 1100 g/mol. The van der Waals surface area contributed by atoms with Crippen molar-refractivity contribution < 1.29 is 48.3 Å². The summed E-state index contributed by atoms with van der Waals surface area (Å²) in [5.74, 6) is -8.39. The lowest BCUT2D eigenvalue weighted by atomic mass is 9.89. The Morgan fingerprint density at radius 2 is 1.14 bits per heavy atom. The van der Waals surface area contributed by atoms with Gasteiger partial charge in [0.1, 0.15) is 24.2 Å². The van der Waals surface area contributed by atoms with Crippen LogP contribution in [0.4, 0.5) is 5.69 Å². The maximum absolute atomic E-state index is 14.6. The second-order valence-electron chi connectivity index (χ2n) is 21.9. The molecule has 2 aromatic carbocycles. The van der Waals surface area contributed by atoms with Crippen LogP contribution in [0.25, 0.3) is 0 Å². The highest BCUT2D eigenvalue weighted by atomic mass is 16.3. The van der Waals surface area contributed by atoms with Gasteiger partial charge in [0.25, 0.3) is 0 Å². The fourth-order valence-electron chi connectivity index (χ4n) is 9.59. The molecule has 2 aromatic rings. The van der Waals surface area contributed by atoms with Crippen molar-refractivity contribution in [3.8, 4) is 0 Å². The fourth-order valence-corrected chi connectivity index (χ4v) is 9.59. The first kappa shape index (κ1) is 67.0. The Morgan fingerprint density at radius 3 is 1.76 bits per heavy atom. The van der Waals surface area contributed by atoms with Gasteiger partial charge in [-0.2, -0.15) is 0 Å². The van der Waals surface area contributed by atoms with E-state index in [1.165, 1.54) is 0 Å². The number of nitrogen functional groups attached to an aromatic ring is 1. The van der Waals surface area contributed by atoms with Crippen molar-refractivity contribution in [3.05, 3.63) is 65.7 Å². The van der Waals surface area contributed by atoms with Gasteiger partial charge in [0.2, 0.25) is 41.4 Å². The van der Waals surface area contributed by atoms with Crippen molar-refractivity contribution in [3.63, 3.8) is 0 Å². The summed E-state index contributed by atoms with van der Waals surface area (Å²) in [5.41, 5.74) is 25.7. The predicted octanol–water partition coefficient (Wildman–Crippen LogP) is 1.88. The summed E-state index contributed by atoms with van der Waals surface area (Å²) in [6, 6.07) is 8.33. The Bertz CT molecular complexity index is 2250. The molecule has 3 rings (SSSR count). The van der Waals surface area contributed by atoms with Crippen molar-refractivity contribution in [2.24, 2.45) is 40.9 Å². The second-order valence-corrected chi connectivity index (χ2v) is 21.9. The van der Waals surface area contributed by atoms with Crippen LogP contribution in [0.3, 0.4) is 0 Å². The molecule has 1 heterocycles. The van der Waals surface area contributed by atoms with Gasteiger partial charge in [-0.3, -0.25) is 43.2 Å². The number of aliphatic hydroxyl groups is 1. The minimum Gasteiger partial charge on any atom is -0.399 e. The number of anilines is 1. The van der Waals surface area contributed by atoms with Gasteiger partial charge in [-0.25, -0.2) is 0 Å². The third-order valence-corrected chi connectivity index (χ3v) is 14.0. The number of ketones is 2. The van der Waals surface area contributed by atoms with Gasteiger partial charge in [0.05, 0.1) is 24.6 Å². The van der Waals surface area contributed by atoms with E-state index in [1.54, 1.807) is 54.6 Å². The Labute approximate surface area is 467 Å². The summed E-state index contributed by atoms with van der Waals surface area (Å²) in [5, 5.41) is 30.1. The van der Waals surface area contributed by atoms with E-state index in [4.69, 9.17) is 22.9 Å². The summed E-state index contributed by atoms with van der Waals surface area (Å²) >= 11 is 0. The van der Waals surface area contributed by atoms with Crippen molar-refractivity contribution in [1.82, 2.24) is 37.2 Å². The van der Waals surface area contributed by atoms with E-state index in [1.807, 2.05) is 27.7 Å². The van der Waals surface area contributed by atoms with E-state index < -0.39 is 120 Å². The summed E-state index contributed by atoms with van der Waals surface area (Å²) < 4.78 is 0. The van der Waals surface area contributed by atoms with Crippen molar-refractivity contribution in [2.75, 3.05) is 31.9 Å². The first-order chi connectivity index (χ1) is 37.7. The number of Topliss-reactive ketones (excluding diaryl/α,β-unsaturated/α-hetero) is 2. The number of hydrogen-bond acceptors (Lipinski definition) is 14. The molecule has 21 nitrogen and oxygen atoms in total. The Morgan fingerprint density at radius 1 is 0.608 bits per heavy atom. The standard InChI is InChI=1S/C58H93N11O10/c1-6-7-8-9-13-16-43(70)35-52(73)64-44(21-25-59)50(71)33-40-24-28-63-55(76)47(29-36(2)3)68-58(79)49(32-39-17-19-42(62)20-18-39)69-56(77)46(23-27-61)66-57(78)48(30-37(4)5)67-54(75)41(31-38-14-11-10-12-15-38)34-51(72)45(22-26-60)65-53(40)74/h10-12,14-15,17-20,36-37,40-41,43-49,70H,6-9,13,16,21-35,59-62H2,1-5H3,(H,63,76)(H,64,73)(H,65,74)(H,66,78)(H,67,75)(H,68,79)(H,69,77)/t40-,41+,43-,44-,45+,46+,47+,48+,49+/m1/s1. The molecule has 16 N–H and O–H groups in total. The molecule has 0 unspecified atom stereocenters. The summed E-state index contributed by atoms with van der Waals surface area (Å²) in [7, 11) is 0. The first-order valence-electron chi connectivity index (χ1n) is 28.5. The number of carbonyl (C=O) groups excluding carboxylic acids is 9. The lowest BCUT2D eigenvalue weighted by molar-refractivity contribution is -0.136. The number of nitrogens with two attached hydrogens (primary N) is 4. The normalized spacial score (nSPS) is 22.4. The second kappa shape index (κ2) is 36.1. The average Bonchev–Trinajstić information content (AvgIpc) is 3.39. The third-order valence-electron chi connectivity index (χ3n) is 14.0. The van der Waals surface area contributed by atoms with Gasteiger partial charge in [0, 0.05) is 43.3 Å². The summed E-state index contributed by atoms with van der Waals surface area (Å²) in [6.45, 7) is 9.22. The molecule has 0 radical (unpaired) electrons.